The van der Waals surface area contributed by atoms with Crippen molar-refractivity contribution in [3.63, 3.8) is 0 Å². The van der Waals surface area contributed by atoms with Gasteiger partial charge in [0, 0.05) is 12.6 Å². The zero-order valence-electron chi connectivity index (χ0n) is 11.0. The summed E-state index contributed by atoms with van der Waals surface area (Å²) in [4.78, 5) is 23.8. The molecule has 0 heterocycles. The average Bonchev–Trinajstić information content (AvgIpc) is 2.28. The second-order valence-corrected chi connectivity index (χ2v) is 5.78. The molecule has 0 saturated heterocycles. The lowest BCUT2D eigenvalue weighted by molar-refractivity contribution is -0.139. The monoisotopic (exact) mass is 301 g/mol. The Labute approximate surface area is 116 Å². The zero-order chi connectivity index (χ0) is 15.5. The van der Waals surface area contributed by atoms with Gasteiger partial charge in [-0.25, -0.2) is 4.79 Å². The third-order valence-electron chi connectivity index (χ3n) is 2.68. The van der Waals surface area contributed by atoms with E-state index in [4.69, 9.17) is 9.66 Å². The number of hydrogen-bond acceptors (Lipinski definition) is 4. The van der Waals surface area contributed by atoms with Gasteiger partial charge in [0.15, 0.2) is 6.04 Å². The second kappa shape index (κ2) is 6.02. The molecule has 1 aromatic rings. The number of aliphatic carboxylic acids is 1. The lowest BCUT2D eigenvalue weighted by Crippen LogP contribution is -2.48. The van der Waals surface area contributed by atoms with Crippen molar-refractivity contribution in [3.05, 3.63) is 29.8 Å². The highest BCUT2D eigenvalue weighted by Crippen LogP contribution is 2.22. The van der Waals surface area contributed by atoms with Gasteiger partial charge in [-0.15, -0.1) is 0 Å². The summed E-state index contributed by atoms with van der Waals surface area (Å²) < 4.78 is 30.7. The van der Waals surface area contributed by atoms with Crippen LogP contribution in [0.2, 0.25) is 0 Å². The number of carbonyl (C=O) groups excluding carboxylic acids is 1. The third-order valence-corrected chi connectivity index (χ3v) is 3.42. The van der Waals surface area contributed by atoms with E-state index in [-0.39, 0.29) is 5.69 Å². The summed E-state index contributed by atoms with van der Waals surface area (Å²) in [6.45, 7) is 2.80. The molecule has 110 valence electrons. The molecule has 0 aliphatic rings. The van der Waals surface area contributed by atoms with Crippen LogP contribution in [0.4, 0.5) is 5.69 Å². The molecular weight excluding hydrogens is 286 g/mol. The van der Waals surface area contributed by atoms with Crippen molar-refractivity contribution in [1.82, 2.24) is 0 Å². The first kappa shape index (κ1) is 16.1. The van der Waals surface area contributed by atoms with Crippen LogP contribution in [-0.2, 0) is 19.7 Å². The minimum Gasteiger partial charge on any atom is -0.480 e. The van der Waals surface area contributed by atoms with Crippen LogP contribution in [0.3, 0.4) is 0 Å². The van der Waals surface area contributed by atoms with Gasteiger partial charge in [-0.2, -0.15) is 8.42 Å². The highest BCUT2D eigenvalue weighted by molar-refractivity contribution is 7.85. The Morgan fingerprint density at radius 2 is 1.85 bits per heavy atom. The molecule has 2 N–H and O–H groups in total. The lowest BCUT2D eigenvalue weighted by Gasteiger charge is -2.28. The predicted molar refractivity (Wildman–Crippen MR) is 72.2 cm³/mol. The summed E-state index contributed by atoms with van der Waals surface area (Å²) in [5.41, 5.74) is 0.903. The van der Waals surface area contributed by atoms with E-state index in [1.54, 1.807) is 25.1 Å². The number of carbonyl (C=O) groups is 2. The van der Waals surface area contributed by atoms with Crippen molar-refractivity contribution in [2.24, 2.45) is 0 Å². The van der Waals surface area contributed by atoms with E-state index >= 15 is 0 Å². The van der Waals surface area contributed by atoms with Crippen LogP contribution < -0.4 is 4.90 Å². The summed E-state index contributed by atoms with van der Waals surface area (Å²) in [5.74, 6) is -3.22. The number of benzene rings is 1. The van der Waals surface area contributed by atoms with Crippen molar-refractivity contribution in [2.45, 2.75) is 19.9 Å². The number of para-hydroxylation sites is 1. The Morgan fingerprint density at radius 1 is 1.30 bits per heavy atom. The van der Waals surface area contributed by atoms with Gasteiger partial charge in [-0.05, 0) is 18.6 Å². The molecule has 7 nitrogen and oxygen atoms in total. The molecule has 0 bridgehead atoms. The van der Waals surface area contributed by atoms with Crippen LogP contribution in [0.25, 0.3) is 0 Å². The molecule has 0 saturated carbocycles. The maximum atomic E-state index is 11.7. The molecule has 0 unspecified atom stereocenters. The molecule has 0 aromatic heterocycles. The summed E-state index contributed by atoms with van der Waals surface area (Å²) in [6, 6.07) is 4.79. The first-order valence-corrected chi connectivity index (χ1v) is 7.28. The highest BCUT2D eigenvalue weighted by Gasteiger charge is 2.33. The molecule has 0 radical (unpaired) electrons. The van der Waals surface area contributed by atoms with Crippen LogP contribution in [0.1, 0.15) is 12.5 Å². The number of anilines is 1. The first-order chi connectivity index (χ1) is 9.13. The van der Waals surface area contributed by atoms with E-state index in [1.165, 1.54) is 6.07 Å². The van der Waals surface area contributed by atoms with E-state index < -0.39 is 33.8 Å². The number of carboxylic acids is 1. The molecule has 1 atom stereocenters. The van der Waals surface area contributed by atoms with Crippen molar-refractivity contribution in [2.75, 3.05) is 10.7 Å². The number of nitrogens with zero attached hydrogens (tertiary/aromatic N) is 1. The summed E-state index contributed by atoms with van der Waals surface area (Å²) >= 11 is 0. The van der Waals surface area contributed by atoms with Crippen LogP contribution >= 0.6 is 0 Å². The minimum atomic E-state index is -4.54. The molecule has 1 rings (SSSR count). The van der Waals surface area contributed by atoms with Crippen LogP contribution in [-0.4, -0.2) is 41.7 Å². The maximum absolute atomic E-state index is 11.7. The number of rotatable bonds is 5. The van der Waals surface area contributed by atoms with Crippen molar-refractivity contribution >= 4 is 27.7 Å². The molecule has 0 fully saturated rings. The summed E-state index contributed by atoms with van der Waals surface area (Å²) in [5, 5.41) is 9.14. The Hall–Kier alpha value is -1.93. The van der Waals surface area contributed by atoms with Gasteiger partial charge in [0.05, 0.1) is 0 Å². The Bertz CT molecular complexity index is 625. The number of hydrogen-bond donors (Lipinski definition) is 2. The molecule has 0 aliphatic heterocycles. The largest absolute Gasteiger partial charge is 0.480 e. The van der Waals surface area contributed by atoms with Gasteiger partial charge in [-0.3, -0.25) is 14.2 Å². The van der Waals surface area contributed by atoms with Gasteiger partial charge < -0.3 is 5.11 Å². The number of aryl methyl sites for hydroxylation is 1. The smallest absolute Gasteiger partial charge is 0.327 e. The average molecular weight is 301 g/mol. The molecule has 1 amide bonds. The van der Waals surface area contributed by atoms with Gasteiger partial charge >= 0.3 is 5.97 Å². The third kappa shape index (κ3) is 4.04. The van der Waals surface area contributed by atoms with Crippen molar-refractivity contribution < 1.29 is 27.7 Å². The fourth-order valence-electron chi connectivity index (χ4n) is 1.85. The van der Waals surface area contributed by atoms with Crippen molar-refractivity contribution in [1.29, 1.82) is 0 Å². The fourth-order valence-corrected chi connectivity index (χ4v) is 2.54. The van der Waals surface area contributed by atoms with Gasteiger partial charge in [-0.1, -0.05) is 18.2 Å². The Morgan fingerprint density at radius 3 is 2.25 bits per heavy atom. The van der Waals surface area contributed by atoms with E-state index in [9.17, 15) is 18.0 Å². The topological polar surface area (TPSA) is 112 Å². The van der Waals surface area contributed by atoms with E-state index in [0.29, 0.717) is 5.56 Å². The highest BCUT2D eigenvalue weighted by atomic mass is 32.2. The lowest BCUT2D eigenvalue weighted by atomic mass is 10.1. The molecule has 1 aromatic carbocycles. The van der Waals surface area contributed by atoms with Gasteiger partial charge in [0.25, 0.3) is 10.1 Å². The fraction of sp³-hybridized carbons (Fsp3) is 0.333. The normalized spacial score (nSPS) is 12.8. The summed E-state index contributed by atoms with van der Waals surface area (Å²) in [6.07, 6.45) is 0. The molecule has 20 heavy (non-hydrogen) atoms. The molecular formula is C12H15NO6S. The van der Waals surface area contributed by atoms with E-state index in [2.05, 4.69) is 0 Å². The van der Waals surface area contributed by atoms with Crippen LogP contribution in [0.5, 0.6) is 0 Å². The zero-order valence-corrected chi connectivity index (χ0v) is 11.8. The molecule has 0 spiro atoms. The SMILES string of the molecule is CC(=O)N(c1ccccc1C)[C@@H](CS(=O)(=O)O)C(=O)O. The predicted octanol–water partition coefficient (Wildman–Crippen LogP) is 0.689. The Kier molecular flexibility index (Phi) is 4.85. The van der Waals surface area contributed by atoms with E-state index in [1.807, 2.05) is 0 Å². The first-order valence-electron chi connectivity index (χ1n) is 5.67. The minimum absolute atomic E-state index is 0.288. The standard InChI is InChI=1S/C12H15NO6S/c1-8-5-3-4-6-10(8)13(9(2)14)11(12(15)16)7-20(17,18)19/h3-6,11H,7H2,1-2H3,(H,15,16)(H,17,18,19)/t11-/m0/s1. The number of carboxylic acid groups (broad SMARTS) is 1. The number of amides is 1. The van der Waals surface area contributed by atoms with Crippen LogP contribution in [0.15, 0.2) is 24.3 Å². The summed E-state index contributed by atoms with van der Waals surface area (Å²) in [7, 11) is -4.54. The van der Waals surface area contributed by atoms with Crippen molar-refractivity contribution in [3.8, 4) is 0 Å². The molecule has 8 heteroatoms. The van der Waals surface area contributed by atoms with Crippen LogP contribution in [0, 0.1) is 6.92 Å². The second-order valence-electron chi connectivity index (χ2n) is 4.28. The van der Waals surface area contributed by atoms with E-state index in [0.717, 1.165) is 11.8 Å². The maximum Gasteiger partial charge on any atom is 0.327 e. The quantitative estimate of drug-likeness (QED) is 0.774. The molecule has 0 aliphatic carbocycles. The van der Waals surface area contributed by atoms with Gasteiger partial charge in [0.1, 0.15) is 5.75 Å². The van der Waals surface area contributed by atoms with Gasteiger partial charge in [0.2, 0.25) is 5.91 Å². The Balaban J connectivity index is 3.34.